The average Bonchev–Trinajstić information content (AvgIpc) is 3.44. The predicted molar refractivity (Wildman–Crippen MR) is 126 cm³/mol. The van der Waals surface area contributed by atoms with E-state index >= 15 is 0 Å². The highest BCUT2D eigenvalue weighted by Crippen LogP contribution is 2.26. The van der Waals surface area contributed by atoms with Crippen molar-refractivity contribution in [3.63, 3.8) is 0 Å². The summed E-state index contributed by atoms with van der Waals surface area (Å²) in [6.07, 6.45) is 0.107. The minimum Gasteiger partial charge on any atom is -0.480 e. The maximum atomic E-state index is 13.1. The first-order valence-electron chi connectivity index (χ1n) is 9.64. The van der Waals surface area contributed by atoms with Gasteiger partial charge in [0.05, 0.1) is 23.0 Å². The van der Waals surface area contributed by atoms with E-state index in [1.165, 1.54) is 29.5 Å². The zero-order valence-corrected chi connectivity index (χ0v) is 19.6. The Morgan fingerprint density at radius 2 is 1.97 bits per heavy atom. The van der Waals surface area contributed by atoms with Gasteiger partial charge in [-0.3, -0.25) is 9.52 Å². The van der Waals surface area contributed by atoms with E-state index in [0.29, 0.717) is 11.1 Å². The molecule has 0 saturated heterocycles. The molecule has 2 heterocycles. The Morgan fingerprint density at radius 3 is 2.70 bits per heavy atom. The number of carbonyl (C=O) groups is 2. The molecule has 2 aromatic heterocycles. The van der Waals surface area contributed by atoms with Crippen molar-refractivity contribution >= 4 is 61.7 Å². The Labute approximate surface area is 197 Å². The van der Waals surface area contributed by atoms with Gasteiger partial charge in [0.25, 0.3) is 15.9 Å². The van der Waals surface area contributed by atoms with Gasteiger partial charge < -0.3 is 10.4 Å². The predicted octanol–water partition coefficient (Wildman–Crippen LogP) is 3.29. The van der Waals surface area contributed by atoms with Gasteiger partial charge in [0.15, 0.2) is 0 Å². The highest BCUT2D eigenvalue weighted by Gasteiger charge is 2.25. The van der Waals surface area contributed by atoms with Crippen LogP contribution in [-0.4, -0.2) is 40.2 Å². The number of sulfonamides is 1. The van der Waals surface area contributed by atoms with Crippen LogP contribution in [0.2, 0.25) is 0 Å². The quantitative estimate of drug-likeness (QED) is 0.336. The largest absolute Gasteiger partial charge is 0.480 e. The van der Waals surface area contributed by atoms with Gasteiger partial charge in [0, 0.05) is 6.42 Å². The molecule has 0 aliphatic heterocycles. The highest BCUT2D eigenvalue weighted by molar-refractivity contribution is 7.93. The SMILES string of the molecule is Cc1ccc(C(=O)NC(Cc2ccsc2)C(=O)O)c(NS(=O)(=O)c2cccc3nsnc23)c1. The van der Waals surface area contributed by atoms with Gasteiger partial charge in [-0.05, 0) is 59.1 Å². The lowest BCUT2D eigenvalue weighted by Crippen LogP contribution is -2.42. The maximum Gasteiger partial charge on any atom is 0.326 e. The topological polar surface area (TPSA) is 138 Å². The summed E-state index contributed by atoms with van der Waals surface area (Å²) < 4.78 is 36.9. The first-order chi connectivity index (χ1) is 15.7. The van der Waals surface area contributed by atoms with Gasteiger partial charge >= 0.3 is 5.97 Å². The van der Waals surface area contributed by atoms with Crippen LogP contribution in [0.25, 0.3) is 11.0 Å². The Hall–Kier alpha value is -3.35. The summed E-state index contributed by atoms with van der Waals surface area (Å²) in [5.41, 5.74) is 2.21. The normalized spacial score (nSPS) is 12.4. The number of carbonyl (C=O) groups excluding carboxylic acids is 1. The molecule has 12 heteroatoms. The van der Waals surface area contributed by atoms with Gasteiger partial charge in [-0.2, -0.15) is 20.1 Å². The van der Waals surface area contributed by atoms with E-state index in [1.54, 1.807) is 31.2 Å². The molecule has 1 amide bonds. The lowest BCUT2D eigenvalue weighted by atomic mass is 10.1. The van der Waals surface area contributed by atoms with Crippen molar-refractivity contribution in [1.82, 2.24) is 14.1 Å². The molecule has 0 aliphatic carbocycles. The summed E-state index contributed by atoms with van der Waals surface area (Å²) in [5.74, 6) is -1.89. The van der Waals surface area contributed by atoms with Crippen LogP contribution in [0.5, 0.6) is 0 Å². The van der Waals surface area contributed by atoms with Crippen molar-refractivity contribution in [1.29, 1.82) is 0 Å². The second-order valence-corrected chi connectivity index (χ2v) is 10.2. The van der Waals surface area contributed by atoms with E-state index in [0.717, 1.165) is 17.3 Å². The van der Waals surface area contributed by atoms with Crippen molar-refractivity contribution in [3.8, 4) is 0 Å². The van der Waals surface area contributed by atoms with Gasteiger partial charge in [-0.25, -0.2) is 13.2 Å². The summed E-state index contributed by atoms with van der Waals surface area (Å²) in [4.78, 5) is 24.6. The molecule has 2 aromatic carbocycles. The molecule has 4 aromatic rings. The summed E-state index contributed by atoms with van der Waals surface area (Å²) in [5, 5.41) is 15.7. The number of rotatable bonds is 8. The first kappa shape index (κ1) is 22.8. The second-order valence-electron chi connectivity index (χ2n) is 7.24. The van der Waals surface area contributed by atoms with Gasteiger partial charge in [-0.1, -0.05) is 12.1 Å². The molecule has 0 bridgehead atoms. The number of carboxylic acids is 1. The zero-order chi connectivity index (χ0) is 23.6. The zero-order valence-electron chi connectivity index (χ0n) is 17.2. The van der Waals surface area contributed by atoms with E-state index in [2.05, 4.69) is 18.8 Å². The lowest BCUT2D eigenvalue weighted by Gasteiger charge is -2.17. The van der Waals surface area contributed by atoms with Crippen molar-refractivity contribution in [2.75, 3.05) is 4.72 Å². The number of hydrogen-bond donors (Lipinski definition) is 3. The third-order valence-corrected chi connectivity index (χ3v) is 7.50. The number of nitrogens with zero attached hydrogens (tertiary/aromatic N) is 2. The average molecular weight is 503 g/mol. The monoisotopic (exact) mass is 502 g/mol. The third-order valence-electron chi connectivity index (χ3n) is 4.83. The molecule has 9 nitrogen and oxygen atoms in total. The minimum atomic E-state index is -4.11. The van der Waals surface area contributed by atoms with Gasteiger partial charge in [0.1, 0.15) is 22.0 Å². The fourth-order valence-electron chi connectivity index (χ4n) is 3.22. The van der Waals surface area contributed by atoms with E-state index in [-0.39, 0.29) is 28.1 Å². The van der Waals surface area contributed by atoms with Crippen LogP contribution in [0, 0.1) is 6.92 Å². The molecule has 0 fully saturated rings. The van der Waals surface area contributed by atoms with E-state index in [4.69, 9.17) is 0 Å². The molecular weight excluding hydrogens is 484 g/mol. The van der Waals surface area contributed by atoms with E-state index in [1.807, 2.05) is 10.8 Å². The number of benzene rings is 2. The first-order valence-corrected chi connectivity index (χ1v) is 12.8. The smallest absolute Gasteiger partial charge is 0.326 e. The fourth-order valence-corrected chi connectivity index (χ4v) is 5.74. The molecule has 0 spiro atoms. The minimum absolute atomic E-state index is 0.00400. The molecule has 170 valence electrons. The highest BCUT2D eigenvalue weighted by atomic mass is 32.2. The van der Waals surface area contributed by atoms with Crippen LogP contribution in [0.1, 0.15) is 21.5 Å². The molecule has 0 aliphatic rings. The summed E-state index contributed by atoms with van der Waals surface area (Å²) in [7, 11) is -4.11. The number of amides is 1. The number of aliphatic carboxylic acids is 1. The lowest BCUT2D eigenvalue weighted by molar-refractivity contribution is -0.139. The van der Waals surface area contributed by atoms with Crippen LogP contribution in [-0.2, 0) is 21.2 Å². The van der Waals surface area contributed by atoms with Crippen LogP contribution >= 0.6 is 23.1 Å². The van der Waals surface area contributed by atoms with Crippen LogP contribution in [0.3, 0.4) is 0 Å². The molecule has 0 radical (unpaired) electrons. The number of thiophene rings is 1. The van der Waals surface area contributed by atoms with E-state index in [9.17, 15) is 23.1 Å². The molecule has 4 rings (SSSR count). The maximum absolute atomic E-state index is 13.1. The van der Waals surface area contributed by atoms with Crippen LogP contribution in [0.4, 0.5) is 5.69 Å². The molecule has 3 N–H and O–H groups in total. The van der Waals surface area contributed by atoms with Crippen LogP contribution in [0.15, 0.2) is 58.1 Å². The summed E-state index contributed by atoms with van der Waals surface area (Å²) >= 11 is 2.33. The number of anilines is 1. The third kappa shape index (κ3) is 5.02. The summed E-state index contributed by atoms with van der Waals surface area (Å²) in [6.45, 7) is 1.75. The molecule has 33 heavy (non-hydrogen) atoms. The number of aromatic nitrogens is 2. The van der Waals surface area contributed by atoms with Gasteiger partial charge in [-0.15, -0.1) is 0 Å². The van der Waals surface area contributed by atoms with E-state index < -0.39 is 27.9 Å². The Kier molecular flexibility index (Phi) is 6.40. The standard InChI is InChI=1S/C21H18N4O5S3/c1-12-5-6-14(20(26)22-17(21(27)28)10-13-7-8-31-11-13)16(9-12)25-33(29,30)18-4-2-3-15-19(18)24-32-23-15/h2-9,11,17,25H,10H2,1H3,(H,22,26)(H,27,28). The number of carboxylic acid groups (broad SMARTS) is 1. The number of fused-ring (bicyclic) bond motifs is 1. The van der Waals surface area contributed by atoms with Gasteiger partial charge in [0.2, 0.25) is 0 Å². The van der Waals surface area contributed by atoms with Crippen molar-refractivity contribution in [3.05, 3.63) is 69.9 Å². The number of hydrogen-bond acceptors (Lipinski definition) is 8. The Balaban J connectivity index is 1.64. The summed E-state index contributed by atoms with van der Waals surface area (Å²) in [6, 6.07) is 9.85. The van der Waals surface area contributed by atoms with Crippen molar-refractivity contribution in [2.24, 2.45) is 0 Å². The Bertz CT molecular complexity index is 1430. The molecular formula is C21H18N4O5S3. The fraction of sp³-hybridized carbons (Fsp3) is 0.143. The Morgan fingerprint density at radius 1 is 1.15 bits per heavy atom. The van der Waals surface area contributed by atoms with Crippen molar-refractivity contribution in [2.45, 2.75) is 24.3 Å². The number of aryl methyl sites for hydroxylation is 1. The molecule has 1 atom stereocenters. The van der Waals surface area contributed by atoms with Crippen LogP contribution < -0.4 is 10.0 Å². The second kappa shape index (κ2) is 9.25. The van der Waals surface area contributed by atoms with Crippen molar-refractivity contribution < 1.29 is 23.1 Å². The molecule has 1 unspecified atom stereocenters. The molecule has 0 saturated carbocycles. The number of nitrogens with one attached hydrogen (secondary N) is 2.